The third-order valence-electron chi connectivity index (χ3n) is 2.81. The van der Waals surface area contributed by atoms with Crippen molar-refractivity contribution in [3.8, 4) is 5.75 Å². The fourth-order valence-electron chi connectivity index (χ4n) is 2.02. The molecule has 1 aromatic rings. The molecule has 20 heavy (non-hydrogen) atoms. The second-order valence-corrected chi connectivity index (χ2v) is 5.67. The number of fused-ring (bicyclic) bond motifs is 1. The van der Waals surface area contributed by atoms with Gasteiger partial charge in [0.25, 0.3) is 0 Å². The largest absolute Gasteiger partial charge is 0.508 e. The van der Waals surface area contributed by atoms with E-state index in [1.54, 1.807) is 26.8 Å². The molecule has 1 aromatic carbocycles. The molecular weight excluding hydrogens is 261 g/mol. The number of phenols is 1. The van der Waals surface area contributed by atoms with Gasteiger partial charge in [-0.05, 0) is 43.9 Å². The number of ether oxygens (including phenoxy) is 1. The number of carbonyl (C=O) groups is 1. The average Bonchev–Trinajstić information content (AvgIpc) is 2.61. The molecule has 6 nitrogen and oxygen atoms in total. The lowest BCUT2D eigenvalue weighted by molar-refractivity contribution is 0.0498. The van der Waals surface area contributed by atoms with Gasteiger partial charge in [-0.2, -0.15) is 0 Å². The first kappa shape index (κ1) is 14.7. The summed E-state index contributed by atoms with van der Waals surface area (Å²) in [5, 5.41) is 21.7. The summed E-state index contributed by atoms with van der Waals surface area (Å²) in [7, 11) is -1.09. The Hall–Kier alpha value is -1.73. The smallest absolute Gasteiger partial charge is 0.492 e. The van der Waals surface area contributed by atoms with Crippen LogP contribution in [0.3, 0.4) is 0 Å². The van der Waals surface area contributed by atoms with E-state index in [1.165, 1.54) is 12.1 Å². The maximum atomic E-state index is 11.6. The summed E-state index contributed by atoms with van der Waals surface area (Å²) in [4.78, 5) is 11.6. The second kappa shape index (κ2) is 5.34. The molecule has 0 aliphatic carbocycles. The Balaban J connectivity index is 1.98. The second-order valence-electron chi connectivity index (χ2n) is 5.67. The van der Waals surface area contributed by atoms with Gasteiger partial charge in [0.2, 0.25) is 0 Å². The van der Waals surface area contributed by atoms with Crippen LogP contribution in [-0.4, -0.2) is 35.5 Å². The number of carbonyl (C=O) groups excluding carboxylic acids is 1. The third kappa shape index (κ3) is 3.43. The average molecular weight is 279 g/mol. The van der Waals surface area contributed by atoms with E-state index >= 15 is 0 Å². The van der Waals surface area contributed by atoms with Crippen LogP contribution >= 0.6 is 0 Å². The normalized spacial score (nSPS) is 17.8. The fraction of sp³-hybridized carbons (Fsp3) is 0.462. The molecule has 7 heteroatoms. The van der Waals surface area contributed by atoms with E-state index < -0.39 is 24.9 Å². The molecule has 2 rings (SSSR count). The summed E-state index contributed by atoms with van der Waals surface area (Å²) in [6.07, 6.45) is -1.00. The molecule has 3 N–H and O–H groups in total. The van der Waals surface area contributed by atoms with E-state index in [4.69, 9.17) is 9.39 Å². The van der Waals surface area contributed by atoms with E-state index in [2.05, 4.69) is 5.32 Å². The molecule has 1 aliphatic rings. The fourth-order valence-corrected chi connectivity index (χ4v) is 2.02. The van der Waals surface area contributed by atoms with Gasteiger partial charge in [-0.1, -0.05) is 6.07 Å². The van der Waals surface area contributed by atoms with Crippen molar-refractivity contribution in [1.82, 2.24) is 5.32 Å². The number of alkyl carbamates (subject to hydrolysis) is 1. The number of amides is 1. The first-order chi connectivity index (χ1) is 9.26. The molecule has 0 aromatic heterocycles. The highest BCUT2D eigenvalue weighted by atomic mass is 16.6. The summed E-state index contributed by atoms with van der Waals surface area (Å²) < 4.78 is 10.5. The molecule has 0 saturated carbocycles. The minimum absolute atomic E-state index is 0.0622. The van der Waals surface area contributed by atoms with E-state index in [-0.39, 0.29) is 12.3 Å². The van der Waals surface area contributed by atoms with Crippen LogP contribution in [0.25, 0.3) is 0 Å². The molecular formula is C13H18BNO5. The minimum Gasteiger partial charge on any atom is -0.508 e. The van der Waals surface area contributed by atoms with E-state index in [1.807, 2.05) is 0 Å². The zero-order valence-corrected chi connectivity index (χ0v) is 11.7. The molecule has 0 bridgehead atoms. The van der Waals surface area contributed by atoms with Gasteiger partial charge in [0.05, 0.1) is 6.10 Å². The van der Waals surface area contributed by atoms with Crippen molar-refractivity contribution in [3.63, 3.8) is 0 Å². The first-order valence-electron chi connectivity index (χ1n) is 6.39. The number of phenolic OH excluding ortho intramolecular Hbond substituents is 1. The van der Waals surface area contributed by atoms with Crippen molar-refractivity contribution in [2.24, 2.45) is 0 Å². The summed E-state index contributed by atoms with van der Waals surface area (Å²) in [6, 6.07) is 4.64. The first-order valence-corrected chi connectivity index (χ1v) is 6.39. The van der Waals surface area contributed by atoms with Crippen molar-refractivity contribution < 1.29 is 24.3 Å². The molecule has 0 spiro atoms. The van der Waals surface area contributed by atoms with Gasteiger partial charge in [0.1, 0.15) is 11.4 Å². The van der Waals surface area contributed by atoms with Crippen LogP contribution in [0, 0.1) is 0 Å². The van der Waals surface area contributed by atoms with Gasteiger partial charge < -0.3 is 24.8 Å². The highest BCUT2D eigenvalue weighted by molar-refractivity contribution is 6.61. The maximum Gasteiger partial charge on any atom is 0.492 e. The lowest BCUT2D eigenvalue weighted by Gasteiger charge is -2.21. The lowest BCUT2D eigenvalue weighted by Crippen LogP contribution is -2.35. The SMILES string of the molecule is CC(C)(C)OC(=O)NCC1OB(O)c2cc(O)ccc21. The summed E-state index contributed by atoms with van der Waals surface area (Å²) >= 11 is 0. The number of nitrogens with one attached hydrogen (secondary N) is 1. The van der Waals surface area contributed by atoms with Crippen molar-refractivity contribution in [3.05, 3.63) is 23.8 Å². The minimum atomic E-state index is -1.09. The van der Waals surface area contributed by atoms with Gasteiger partial charge in [0, 0.05) is 6.54 Å². The van der Waals surface area contributed by atoms with Crippen LogP contribution in [0.1, 0.15) is 32.4 Å². The molecule has 1 aliphatic heterocycles. The van der Waals surface area contributed by atoms with E-state index in [0.29, 0.717) is 5.46 Å². The van der Waals surface area contributed by atoms with E-state index in [9.17, 15) is 14.9 Å². The zero-order valence-electron chi connectivity index (χ0n) is 11.7. The topological polar surface area (TPSA) is 88.0 Å². The molecule has 1 amide bonds. The summed E-state index contributed by atoms with van der Waals surface area (Å²) in [5.74, 6) is 0.0622. The predicted molar refractivity (Wildman–Crippen MR) is 73.8 cm³/mol. The van der Waals surface area contributed by atoms with Crippen molar-refractivity contribution in [1.29, 1.82) is 0 Å². The van der Waals surface area contributed by atoms with Crippen molar-refractivity contribution in [2.75, 3.05) is 6.54 Å². The number of aromatic hydroxyl groups is 1. The molecule has 0 radical (unpaired) electrons. The molecule has 0 fully saturated rings. The Labute approximate surface area is 117 Å². The quantitative estimate of drug-likeness (QED) is 0.693. The van der Waals surface area contributed by atoms with Gasteiger partial charge in [-0.25, -0.2) is 4.79 Å². The standard InChI is InChI=1S/C13H18BNO5/c1-13(2,3)19-12(17)15-7-11-9-5-4-8(16)6-10(9)14(18)20-11/h4-6,11,16,18H,7H2,1-3H3,(H,15,17). The van der Waals surface area contributed by atoms with Gasteiger partial charge in [-0.15, -0.1) is 0 Å². The maximum absolute atomic E-state index is 11.6. The zero-order chi connectivity index (χ0) is 14.9. The van der Waals surface area contributed by atoms with Crippen LogP contribution in [0.15, 0.2) is 18.2 Å². The number of rotatable bonds is 2. The molecule has 108 valence electrons. The van der Waals surface area contributed by atoms with Crippen LogP contribution in [0.4, 0.5) is 4.79 Å². The number of benzene rings is 1. The number of hydrogen-bond donors (Lipinski definition) is 3. The Morgan fingerprint density at radius 2 is 2.20 bits per heavy atom. The van der Waals surface area contributed by atoms with Crippen molar-refractivity contribution in [2.45, 2.75) is 32.5 Å². The Morgan fingerprint density at radius 3 is 2.85 bits per heavy atom. The monoisotopic (exact) mass is 279 g/mol. The van der Waals surface area contributed by atoms with Gasteiger partial charge in [-0.3, -0.25) is 0 Å². The van der Waals surface area contributed by atoms with Gasteiger partial charge >= 0.3 is 13.2 Å². The Morgan fingerprint density at radius 1 is 1.50 bits per heavy atom. The van der Waals surface area contributed by atoms with Crippen LogP contribution < -0.4 is 10.8 Å². The predicted octanol–water partition coefficient (Wildman–Crippen LogP) is 0.676. The third-order valence-corrected chi connectivity index (χ3v) is 2.81. The molecule has 0 saturated heterocycles. The summed E-state index contributed by atoms with van der Waals surface area (Å²) in [6.45, 7) is 5.52. The van der Waals surface area contributed by atoms with Crippen molar-refractivity contribution >= 4 is 18.7 Å². The molecule has 1 unspecified atom stereocenters. The Bertz CT molecular complexity index is 514. The van der Waals surface area contributed by atoms with E-state index in [0.717, 1.165) is 5.56 Å². The van der Waals surface area contributed by atoms with Crippen LogP contribution in [-0.2, 0) is 9.39 Å². The van der Waals surface area contributed by atoms with Crippen LogP contribution in [0.5, 0.6) is 5.75 Å². The highest BCUT2D eigenvalue weighted by Gasteiger charge is 2.35. The summed E-state index contributed by atoms with van der Waals surface area (Å²) in [5.41, 5.74) is 0.691. The Kier molecular flexibility index (Phi) is 3.92. The number of hydrogen-bond acceptors (Lipinski definition) is 5. The molecule has 1 heterocycles. The van der Waals surface area contributed by atoms with Crippen LogP contribution in [0.2, 0.25) is 0 Å². The lowest BCUT2D eigenvalue weighted by atomic mass is 9.79. The highest BCUT2D eigenvalue weighted by Crippen LogP contribution is 2.25. The molecule has 1 atom stereocenters. The van der Waals surface area contributed by atoms with Gasteiger partial charge in [0.15, 0.2) is 0 Å².